The van der Waals surface area contributed by atoms with Gasteiger partial charge in [0.1, 0.15) is 4.88 Å². The molecule has 0 saturated carbocycles. The van der Waals surface area contributed by atoms with Crippen LogP contribution in [0, 0.1) is 0 Å². The number of carboxylic acid groups (broad SMARTS) is 1. The van der Waals surface area contributed by atoms with E-state index in [1.807, 2.05) is 12.1 Å². The van der Waals surface area contributed by atoms with Crippen LogP contribution in [0.5, 0.6) is 0 Å². The van der Waals surface area contributed by atoms with E-state index in [2.05, 4.69) is 4.98 Å². The minimum Gasteiger partial charge on any atom is -0.477 e. The minimum absolute atomic E-state index is 0.301. The van der Waals surface area contributed by atoms with Crippen molar-refractivity contribution in [3.05, 3.63) is 50.9 Å². The smallest absolute Gasteiger partial charge is 0.347 e. The standard InChI is InChI=1S/C11H8ClNO2S/c12-8-3-1-7(2-4-8)5-9-10(11(14)15)16-6-13-9/h1-4,6H,5H2,(H,14,15). The first kappa shape index (κ1) is 11.1. The summed E-state index contributed by atoms with van der Waals surface area (Å²) in [4.78, 5) is 15.2. The number of nitrogens with zero attached hydrogens (tertiary/aromatic N) is 1. The summed E-state index contributed by atoms with van der Waals surface area (Å²) in [7, 11) is 0. The number of hydrogen-bond acceptors (Lipinski definition) is 3. The molecule has 0 amide bonds. The zero-order valence-electron chi connectivity index (χ0n) is 8.18. The number of benzene rings is 1. The number of aromatic nitrogens is 1. The molecule has 1 N–H and O–H groups in total. The van der Waals surface area contributed by atoms with Crippen molar-refractivity contribution >= 4 is 28.9 Å². The van der Waals surface area contributed by atoms with Crippen LogP contribution in [0.15, 0.2) is 29.8 Å². The van der Waals surface area contributed by atoms with Crippen molar-refractivity contribution in [1.82, 2.24) is 4.98 Å². The lowest BCUT2D eigenvalue weighted by Gasteiger charge is -2.00. The summed E-state index contributed by atoms with van der Waals surface area (Å²) in [6.45, 7) is 0. The van der Waals surface area contributed by atoms with Crippen LogP contribution in [0.1, 0.15) is 20.9 Å². The minimum atomic E-state index is -0.925. The molecule has 0 fully saturated rings. The molecule has 0 bridgehead atoms. The number of carbonyl (C=O) groups is 1. The van der Waals surface area contributed by atoms with Crippen molar-refractivity contribution in [2.75, 3.05) is 0 Å². The van der Waals surface area contributed by atoms with E-state index >= 15 is 0 Å². The molecule has 2 rings (SSSR count). The highest BCUT2D eigenvalue weighted by Crippen LogP contribution is 2.18. The summed E-state index contributed by atoms with van der Waals surface area (Å²) < 4.78 is 0. The van der Waals surface area contributed by atoms with Crippen molar-refractivity contribution in [2.24, 2.45) is 0 Å². The molecule has 0 saturated heterocycles. The molecule has 0 aliphatic carbocycles. The van der Waals surface area contributed by atoms with Gasteiger partial charge in [0.25, 0.3) is 0 Å². The van der Waals surface area contributed by atoms with E-state index in [4.69, 9.17) is 16.7 Å². The zero-order valence-corrected chi connectivity index (χ0v) is 9.76. The van der Waals surface area contributed by atoms with E-state index in [0.717, 1.165) is 16.9 Å². The molecule has 0 unspecified atom stereocenters. The molecule has 1 heterocycles. The third kappa shape index (κ3) is 2.40. The van der Waals surface area contributed by atoms with Gasteiger partial charge in [-0.05, 0) is 17.7 Å². The van der Waals surface area contributed by atoms with Crippen LogP contribution in [0.3, 0.4) is 0 Å². The molecule has 1 aromatic heterocycles. The van der Waals surface area contributed by atoms with E-state index in [1.165, 1.54) is 0 Å². The van der Waals surface area contributed by atoms with Crippen LogP contribution < -0.4 is 0 Å². The van der Waals surface area contributed by atoms with E-state index in [-0.39, 0.29) is 0 Å². The number of thiazole rings is 1. The van der Waals surface area contributed by atoms with E-state index in [9.17, 15) is 4.79 Å². The van der Waals surface area contributed by atoms with Gasteiger partial charge in [-0.1, -0.05) is 23.7 Å². The maximum absolute atomic E-state index is 10.9. The van der Waals surface area contributed by atoms with Crippen LogP contribution >= 0.6 is 22.9 Å². The predicted octanol–water partition coefficient (Wildman–Crippen LogP) is 3.09. The Bertz CT molecular complexity index is 507. The summed E-state index contributed by atoms with van der Waals surface area (Å²) in [6, 6.07) is 7.30. The van der Waals surface area contributed by atoms with Crippen LogP contribution in [0.25, 0.3) is 0 Å². The molecule has 0 aliphatic rings. The Morgan fingerprint density at radius 3 is 2.69 bits per heavy atom. The van der Waals surface area contributed by atoms with E-state index in [1.54, 1.807) is 17.6 Å². The van der Waals surface area contributed by atoms with Crippen molar-refractivity contribution in [3.63, 3.8) is 0 Å². The summed E-state index contributed by atoms with van der Waals surface area (Å²) in [6.07, 6.45) is 0.516. The Morgan fingerprint density at radius 2 is 2.06 bits per heavy atom. The van der Waals surface area contributed by atoms with Gasteiger partial charge in [0.15, 0.2) is 0 Å². The Kier molecular flexibility index (Phi) is 3.22. The third-order valence-electron chi connectivity index (χ3n) is 2.12. The highest BCUT2D eigenvalue weighted by Gasteiger charge is 2.13. The fraction of sp³-hybridized carbons (Fsp3) is 0.0909. The number of hydrogen-bond donors (Lipinski definition) is 1. The maximum atomic E-state index is 10.9. The molecule has 0 atom stereocenters. The molecule has 16 heavy (non-hydrogen) atoms. The quantitative estimate of drug-likeness (QED) is 0.915. The highest BCUT2D eigenvalue weighted by molar-refractivity contribution is 7.11. The van der Waals surface area contributed by atoms with Gasteiger partial charge in [0.05, 0.1) is 11.2 Å². The van der Waals surface area contributed by atoms with Crippen molar-refractivity contribution in [3.8, 4) is 0 Å². The Labute approximate surface area is 101 Å². The van der Waals surface area contributed by atoms with Crippen molar-refractivity contribution in [2.45, 2.75) is 6.42 Å². The summed E-state index contributed by atoms with van der Waals surface area (Å²) in [5.41, 5.74) is 3.15. The second kappa shape index (κ2) is 4.63. The normalized spacial score (nSPS) is 10.3. The molecular weight excluding hydrogens is 246 g/mol. The molecule has 2 aromatic rings. The Balaban J connectivity index is 2.23. The van der Waals surface area contributed by atoms with E-state index < -0.39 is 5.97 Å². The third-order valence-corrected chi connectivity index (χ3v) is 3.23. The van der Waals surface area contributed by atoms with Gasteiger partial charge in [-0.3, -0.25) is 0 Å². The van der Waals surface area contributed by atoms with Gasteiger partial charge >= 0.3 is 5.97 Å². The summed E-state index contributed by atoms with van der Waals surface area (Å²) in [5.74, 6) is -0.925. The SMILES string of the molecule is O=C(O)c1scnc1Cc1ccc(Cl)cc1. The van der Waals surface area contributed by atoms with Gasteiger partial charge in [-0.15, -0.1) is 11.3 Å². The molecule has 0 spiro atoms. The zero-order chi connectivity index (χ0) is 11.5. The first-order valence-electron chi connectivity index (χ1n) is 4.57. The van der Waals surface area contributed by atoms with Crippen LogP contribution in [-0.4, -0.2) is 16.1 Å². The predicted molar refractivity (Wildman–Crippen MR) is 63.3 cm³/mol. The number of aromatic carboxylic acids is 1. The van der Waals surface area contributed by atoms with E-state index in [0.29, 0.717) is 22.0 Å². The van der Waals surface area contributed by atoms with Gasteiger partial charge in [-0.25, -0.2) is 9.78 Å². The molecular formula is C11H8ClNO2S. The fourth-order valence-electron chi connectivity index (χ4n) is 1.36. The van der Waals surface area contributed by atoms with Crippen LogP contribution in [-0.2, 0) is 6.42 Å². The lowest BCUT2D eigenvalue weighted by molar-refractivity contribution is 0.0701. The highest BCUT2D eigenvalue weighted by atomic mass is 35.5. The largest absolute Gasteiger partial charge is 0.477 e. The maximum Gasteiger partial charge on any atom is 0.347 e. The summed E-state index contributed by atoms with van der Waals surface area (Å²) in [5, 5.41) is 9.59. The lowest BCUT2D eigenvalue weighted by atomic mass is 10.1. The average molecular weight is 254 g/mol. The Hall–Kier alpha value is -1.39. The molecule has 82 valence electrons. The van der Waals surface area contributed by atoms with Gasteiger partial charge in [-0.2, -0.15) is 0 Å². The number of carboxylic acids is 1. The number of halogens is 1. The average Bonchev–Trinajstić information content (AvgIpc) is 2.69. The first-order chi connectivity index (χ1) is 7.66. The Morgan fingerprint density at radius 1 is 1.38 bits per heavy atom. The molecule has 0 aliphatic heterocycles. The fourth-order valence-corrected chi connectivity index (χ4v) is 2.14. The summed E-state index contributed by atoms with van der Waals surface area (Å²) >= 11 is 6.91. The second-order valence-electron chi connectivity index (χ2n) is 3.24. The van der Waals surface area contributed by atoms with Gasteiger partial charge in [0.2, 0.25) is 0 Å². The molecule has 5 heteroatoms. The van der Waals surface area contributed by atoms with Gasteiger partial charge < -0.3 is 5.11 Å². The molecule has 0 radical (unpaired) electrons. The van der Waals surface area contributed by atoms with Crippen LogP contribution in [0.2, 0.25) is 5.02 Å². The van der Waals surface area contributed by atoms with Gasteiger partial charge in [0, 0.05) is 11.4 Å². The lowest BCUT2D eigenvalue weighted by Crippen LogP contribution is -1.99. The first-order valence-corrected chi connectivity index (χ1v) is 5.82. The molecule has 3 nitrogen and oxygen atoms in total. The molecule has 1 aromatic carbocycles. The number of rotatable bonds is 3. The monoisotopic (exact) mass is 253 g/mol. The van der Waals surface area contributed by atoms with Crippen LogP contribution in [0.4, 0.5) is 0 Å². The van der Waals surface area contributed by atoms with Crippen molar-refractivity contribution < 1.29 is 9.90 Å². The van der Waals surface area contributed by atoms with Crippen molar-refractivity contribution in [1.29, 1.82) is 0 Å². The second-order valence-corrected chi connectivity index (χ2v) is 4.53. The topological polar surface area (TPSA) is 50.2 Å².